The van der Waals surface area contributed by atoms with Crippen LogP contribution in [0.25, 0.3) is 10.9 Å². The van der Waals surface area contributed by atoms with Gasteiger partial charge in [-0.3, -0.25) is 14.6 Å². The molecule has 1 atom stereocenters. The smallest absolute Gasteiger partial charge is 0.338 e. The average Bonchev–Trinajstić information content (AvgIpc) is 2.73. The number of piperidine rings is 1. The number of carbonyl (C=O) groups is 1. The van der Waals surface area contributed by atoms with E-state index < -0.39 is 17.4 Å². The minimum Gasteiger partial charge on any atom is -0.338 e. The number of hydrogen-bond donors (Lipinski definition) is 1. The number of nitrogens with one attached hydrogen (secondary N) is 1. The Bertz CT molecular complexity index is 1110. The number of rotatable bonds is 2. The van der Waals surface area contributed by atoms with E-state index in [1.807, 2.05) is 0 Å². The highest BCUT2D eigenvalue weighted by atomic mass is 19.4. The summed E-state index contributed by atoms with van der Waals surface area (Å²) in [6, 6.07) is 6.77. The first-order valence-electron chi connectivity index (χ1n) is 9.13. The number of nitrogens with zero attached hydrogens (tertiary/aromatic N) is 3. The number of aromatic amines is 1. The van der Waals surface area contributed by atoms with Crippen LogP contribution < -0.4 is 5.56 Å². The zero-order valence-electron chi connectivity index (χ0n) is 15.2. The van der Waals surface area contributed by atoms with Crippen molar-refractivity contribution >= 4 is 16.8 Å². The van der Waals surface area contributed by atoms with Crippen molar-refractivity contribution in [3.63, 3.8) is 0 Å². The van der Waals surface area contributed by atoms with Crippen molar-refractivity contribution in [2.45, 2.75) is 24.9 Å². The molecule has 0 radical (unpaired) electrons. The first-order chi connectivity index (χ1) is 13.8. The topological polar surface area (TPSA) is 79.0 Å². The van der Waals surface area contributed by atoms with E-state index in [-0.39, 0.29) is 22.7 Å². The normalized spacial score (nSPS) is 17.5. The molecule has 4 heterocycles. The van der Waals surface area contributed by atoms with Crippen LogP contribution in [0.15, 0.2) is 47.5 Å². The monoisotopic (exact) mass is 402 g/mol. The summed E-state index contributed by atoms with van der Waals surface area (Å²) in [7, 11) is 0. The number of aromatic nitrogens is 3. The third-order valence-corrected chi connectivity index (χ3v) is 5.07. The van der Waals surface area contributed by atoms with Crippen molar-refractivity contribution < 1.29 is 18.0 Å². The van der Waals surface area contributed by atoms with E-state index in [1.54, 1.807) is 23.2 Å². The Morgan fingerprint density at radius 2 is 2.07 bits per heavy atom. The van der Waals surface area contributed by atoms with Crippen LogP contribution in [0, 0.1) is 0 Å². The molecule has 1 N–H and O–H groups in total. The fraction of sp³-hybridized carbons (Fsp3) is 0.300. The number of amides is 1. The molecule has 0 unspecified atom stereocenters. The lowest BCUT2D eigenvalue weighted by Crippen LogP contribution is -2.39. The minimum atomic E-state index is -4.59. The van der Waals surface area contributed by atoms with Crippen LogP contribution in [-0.4, -0.2) is 38.8 Å². The molecule has 4 rings (SSSR count). The maximum Gasteiger partial charge on any atom is 0.433 e. The Hall–Kier alpha value is -3.23. The van der Waals surface area contributed by atoms with Crippen LogP contribution in [0.5, 0.6) is 0 Å². The van der Waals surface area contributed by atoms with Gasteiger partial charge in [0, 0.05) is 37.1 Å². The molecule has 1 fully saturated rings. The number of likely N-dealkylation sites (tertiary alicyclic amines) is 1. The highest BCUT2D eigenvalue weighted by molar-refractivity contribution is 5.94. The fourth-order valence-corrected chi connectivity index (χ4v) is 3.62. The zero-order valence-corrected chi connectivity index (χ0v) is 15.2. The maximum absolute atomic E-state index is 13.0. The summed E-state index contributed by atoms with van der Waals surface area (Å²) in [6.45, 7) is 0.923. The molecule has 0 aliphatic carbocycles. The maximum atomic E-state index is 13.0. The summed E-state index contributed by atoms with van der Waals surface area (Å²) in [5.41, 5.74) is -0.586. The predicted octanol–water partition coefficient (Wildman–Crippen LogP) is 3.36. The highest BCUT2D eigenvalue weighted by Crippen LogP contribution is 2.30. The molecule has 0 saturated carbocycles. The molecular weight excluding hydrogens is 385 g/mol. The van der Waals surface area contributed by atoms with Crippen LogP contribution in [0.1, 0.15) is 40.5 Å². The second kappa shape index (κ2) is 7.31. The Kier molecular flexibility index (Phi) is 4.81. The van der Waals surface area contributed by atoms with Crippen LogP contribution in [-0.2, 0) is 6.18 Å². The van der Waals surface area contributed by atoms with Crippen molar-refractivity contribution in [3.05, 3.63) is 70.0 Å². The lowest BCUT2D eigenvalue weighted by molar-refractivity contribution is -0.140. The number of pyridine rings is 3. The van der Waals surface area contributed by atoms with E-state index in [9.17, 15) is 22.8 Å². The second-order valence-corrected chi connectivity index (χ2v) is 7.01. The zero-order chi connectivity index (χ0) is 20.6. The summed E-state index contributed by atoms with van der Waals surface area (Å²) >= 11 is 0. The summed E-state index contributed by atoms with van der Waals surface area (Å²) in [5.74, 6) is -0.360. The number of carbonyl (C=O) groups excluding carboxylic acids is 1. The van der Waals surface area contributed by atoms with Gasteiger partial charge in [-0.1, -0.05) is 0 Å². The van der Waals surface area contributed by atoms with Crippen molar-refractivity contribution in [2.75, 3.05) is 13.1 Å². The van der Waals surface area contributed by atoms with Crippen LogP contribution in [0.4, 0.5) is 13.2 Å². The molecular formula is C20H17F3N4O2. The molecule has 6 nitrogen and oxygen atoms in total. The minimum absolute atomic E-state index is 0.00529. The van der Waals surface area contributed by atoms with Crippen molar-refractivity contribution in [2.24, 2.45) is 0 Å². The van der Waals surface area contributed by atoms with Crippen LogP contribution in [0.2, 0.25) is 0 Å². The molecule has 1 saturated heterocycles. The van der Waals surface area contributed by atoms with Crippen molar-refractivity contribution in [1.82, 2.24) is 19.9 Å². The van der Waals surface area contributed by atoms with Gasteiger partial charge >= 0.3 is 6.18 Å². The molecule has 1 aliphatic rings. The summed E-state index contributed by atoms with van der Waals surface area (Å²) in [4.78, 5) is 37.1. The van der Waals surface area contributed by atoms with Crippen LogP contribution in [0.3, 0.4) is 0 Å². The van der Waals surface area contributed by atoms with E-state index in [0.717, 1.165) is 12.1 Å². The van der Waals surface area contributed by atoms with E-state index in [4.69, 9.17) is 0 Å². The third kappa shape index (κ3) is 3.85. The van der Waals surface area contributed by atoms with E-state index in [0.29, 0.717) is 37.2 Å². The Morgan fingerprint density at radius 3 is 2.79 bits per heavy atom. The molecule has 1 aliphatic heterocycles. The predicted molar refractivity (Wildman–Crippen MR) is 99.5 cm³/mol. The molecule has 1 amide bonds. The molecule has 9 heteroatoms. The van der Waals surface area contributed by atoms with Gasteiger partial charge in [-0.15, -0.1) is 0 Å². The fourth-order valence-electron chi connectivity index (χ4n) is 3.62. The van der Waals surface area contributed by atoms with Crippen molar-refractivity contribution in [3.8, 4) is 0 Å². The van der Waals surface area contributed by atoms with Gasteiger partial charge in [-0.25, -0.2) is 4.98 Å². The number of halogens is 3. The largest absolute Gasteiger partial charge is 0.433 e. The Labute approximate surface area is 163 Å². The first kappa shape index (κ1) is 19.1. The van der Waals surface area contributed by atoms with Crippen LogP contribution >= 0.6 is 0 Å². The lowest BCUT2D eigenvalue weighted by Gasteiger charge is -2.32. The second-order valence-electron chi connectivity index (χ2n) is 7.01. The van der Waals surface area contributed by atoms with Gasteiger partial charge in [0.05, 0.1) is 16.5 Å². The number of H-pyrrole nitrogens is 1. The van der Waals surface area contributed by atoms with Gasteiger partial charge in [0.15, 0.2) is 0 Å². The quantitative estimate of drug-likeness (QED) is 0.713. The highest BCUT2D eigenvalue weighted by Gasteiger charge is 2.33. The average molecular weight is 402 g/mol. The van der Waals surface area contributed by atoms with Gasteiger partial charge in [0.1, 0.15) is 5.69 Å². The van der Waals surface area contributed by atoms with Gasteiger partial charge in [0.25, 0.3) is 11.5 Å². The van der Waals surface area contributed by atoms with Gasteiger partial charge in [0.2, 0.25) is 0 Å². The third-order valence-electron chi connectivity index (χ3n) is 5.07. The molecule has 0 bridgehead atoms. The molecule has 3 aromatic rings. The molecule has 29 heavy (non-hydrogen) atoms. The summed E-state index contributed by atoms with van der Waals surface area (Å²) < 4.78 is 38.9. The lowest BCUT2D eigenvalue weighted by atomic mass is 9.93. The molecule has 150 valence electrons. The Balaban J connectivity index is 1.65. The molecule has 0 spiro atoms. The van der Waals surface area contributed by atoms with E-state index >= 15 is 0 Å². The standard InChI is InChI=1S/C20H17F3N4O2/c21-20(22,23)17-6-5-14-16(25-17)9-15(26-18(14)28)13-4-2-8-27(11-13)19(29)12-3-1-7-24-10-12/h1,3,5-7,9-10,13H,2,4,8,11H2,(H,26,28)/t13-/m1/s1. The first-order valence-corrected chi connectivity index (χ1v) is 9.13. The van der Waals surface area contributed by atoms with Gasteiger partial charge in [-0.05, 0) is 43.2 Å². The van der Waals surface area contributed by atoms with Gasteiger partial charge in [-0.2, -0.15) is 13.2 Å². The molecule has 0 aromatic carbocycles. The summed E-state index contributed by atoms with van der Waals surface area (Å²) in [6.07, 6.45) is -0.0943. The van der Waals surface area contributed by atoms with E-state index in [2.05, 4.69) is 15.0 Å². The number of alkyl halides is 3. The van der Waals surface area contributed by atoms with Gasteiger partial charge < -0.3 is 9.88 Å². The van der Waals surface area contributed by atoms with Crippen molar-refractivity contribution in [1.29, 1.82) is 0 Å². The SMILES string of the molecule is O=C(c1cccnc1)N1CCC[C@@H](c2cc3nc(C(F)(F)F)ccc3c(=O)[nH]2)C1. The Morgan fingerprint density at radius 1 is 1.24 bits per heavy atom. The number of hydrogen-bond acceptors (Lipinski definition) is 4. The van der Waals surface area contributed by atoms with E-state index in [1.165, 1.54) is 12.3 Å². The molecule has 3 aromatic heterocycles. The number of fused-ring (bicyclic) bond motifs is 1. The summed E-state index contributed by atoms with van der Waals surface area (Å²) in [5, 5.41) is 0.0980.